The number of rotatable bonds is 5. The lowest BCUT2D eigenvalue weighted by atomic mass is 9.87. The average molecular weight is 283 g/mol. The molecule has 0 bridgehead atoms. The highest BCUT2D eigenvalue weighted by Crippen LogP contribution is 2.23. The number of carbonyl (C=O) groups excluding carboxylic acids is 1. The third-order valence-corrected chi connectivity index (χ3v) is 3.69. The van der Waals surface area contributed by atoms with Gasteiger partial charge in [0, 0.05) is 12.0 Å². The summed E-state index contributed by atoms with van der Waals surface area (Å²) in [5.74, 6) is -0.0523. The van der Waals surface area contributed by atoms with E-state index >= 15 is 0 Å². The molecule has 0 radical (unpaired) electrons. The molecule has 2 atom stereocenters. The van der Waals surface area contributed by atoms with Crippen LogP contribution in [0, 0.1) is 0 Å². The van der Waals surface area contributed by atoms with Crippen molar-refractivity contribution in [3.8, 4) is 0 Å². The molecular formula is C18H21NO2. The Kier molecular flexibility index (Phi) is 5.12. The zero-order valence-electron chi connectivity index (χ0n) is 12.5. The molecule has 110 valence electrons. The van der Waals surface area contributed by atoms with Crippen LogP contribution in [-0.2, 0) is 11.2 Å². The Morgan fingerprint density at radius 1 is 1.10 bits per heavy atom. The summed E-state index contributed by atoms with van der Waals surface area (Å²) in [6, 6.07) is 17.9. The minimum absolute atomic E-state index is 0.0627. The van der Waals surface area contributed by atoms with Crippen molar-refractivity contribution in [1.29, 1.82) is 0 Å². The average Bonchev–Trinajstić information content (AvgIpc) is 2.53. The smallest absolute Gasteiger partial charge is 0.337 e. The van der Waals surface area contributed by atoms with Crippen molar-refractivity contribution in [2.45, 2.75) is 25.3 Å². The largest absolute Gasteiger partial charge is 0.465 e. The molecule has 3 nitrogen and oxygen atoms in total. The van der Waals surface area contributed by atoms with Crippen LogP contribution in [0.2, 0.25) is 0 Å². The summed E-state index contributed by atoms with van der Waals surface area (Å²) in [6.07, 6.45) is 0.850. The topological polar surface area (TPSA) is 52.3 Å². The molecule has 0 spiro atoms. The summed E-state index contributed by atoms with van der Waals surface area (Å²) in [5.41, 5.74) is 9.11. The standard InChI is InChI=1S/C18H21NO2/c1-13(19)17(15-6-4-3-5-7-15)12-14-8-10-16(11-9-14)18(20)21-2/h3-11,13,17H,12,19H2,1-2H3. The molecule has 0 aromatic heterocycles. The summed E-state index contributed by atoms with van der Waals surface area (Å²) >= 11 is 0. The molecule has 0 aliphatic rings. The molecule has 0 saturated carbocycles. The molecule has 2 rings (SSSR count). The van der Waals surface area contributed by atoms with Crippen molar-refractivity contribution in [3.05, 3.63) is 71.3 Å². The summed E-state index contributed by atoms with van der Waals surface area (Å²) < 4.78 is 4.71. The number of carbonyl (C=O) groups is 1. The monoisotopic (exact) mass is 283 g/mol. The van der Waals surface area contributed by atoms with Gasteiger partial charge in [-0.2, -0.15) is 0 Å². The molecule has 21 heavy (non-hydrogen) atoms. The second kappa shape index (κ2) is 7.04. The third-order valence-electron chi connectivity index (χ3n) is 3.69. The Bertz CT molecular complexity index is 576. The molecule has 0 aliphatic carbocycles. The number of esters is 1. The van der Waals surface area contributed by atoms with Gasteiger partial charge in [0.2, 0.25) is 0 Å². The highest BCUT2D eigenvalue weighted by atomic mass is 16.5. The van der Waals surface area contributed by atoms with Gasteiger partial charge in [-0.1, -0.05) is 42.5 Å². The van der Waals surface area contributed by atoms with Crippen LogP contribution in [0.5, 0.6) is 0 Å². The first kappa shape index (κ1) is 15.3. The van der Waals surface area contributed by atoms with E-state index in [4.69, 9.17) is 10.5 Å². The lowest BCUT2D eigenvalue weighted by Gasteiger charge is -2.21. The molecule has 0 aliphatic heterocycles. The van der Waals surface area contributed by atoms with E-state index < -0.39 is 0 Å². The normalized spacial score (nSPS) is 13.5. The maximum atomic E-state index is 11.4. The van der Waals surface area contributed by atoms with Crippen molar-refractivity contribution < 1.29 is 9.53 Å². The maximum Gasteiger partial charge on any atom is 0.337 e. The van der Waals surface area contributed by atoms with E-state index in [0.29, 0.717) is 5.56 Å². The van der Waals surface area contributed by atoms with Gasteiger partial charge in [0.05, 0.1) is 12.7 Å². The lowest BCUT2D eigenvalue weighted by molar-refractivity contribution is 0.0600. The predicted octanol–water partition coefficient (Wildman–Crippen LogP) is 3.15. The van der Waals surface area contributed by atoms with Crippen molar-refractivity contribution in [1.82, 2.24) is 0 Å². The fourth-order valence-electron chi connectivity index (χ4n) is 2.46. The zero-order valence-corrected chi connectivity index (χ0v) is 12.5. The van der Waals surface area contributed by atoms with Gasteiger partial charge in [-0.25, -0.2) is 4.79 Å². The first-order valence-corrected chi connectivity index (χ1v) is 7.09. The van der Waals surface area contributed by atoms with Crippen LogP contribution in [-0.4, -0.2) is 19.1 Å². The van der Waals surface area contributed by atoms with Gasteiger partial charge in [-0.05, 0) is 36.6 Å². The second-order valence-electron chi connectivity index (χ2n) is 5.27. The highest BCUT2D eigenvalue weighted by Gasteiger charge is 2.17. The maximum absolute atomic E-state index is 11.4. The Balaban J connectivity index is 2.16. The van der Waals surface area contributed by atoms with Crippen LogP contribution in [0.1, 0.15) is 34.3 Å². The molecule has 2 aromatic carbocycles. The number of hydrogen-bond acceptors (Lipinski definition) is 3. The van der Waals surface area contributed by atoms with E-state index in [1.54, 1.807) is 12.1 Å². The summed E-state index contributed by atoms with van der Waals surface area (Å²) in [7, 11) is 1.39. The molecule has 2 unspecified atom stereocenters. The number of hydrogen-bond donors (Lipinski definition) is 1. The van der Waals surface area contributed by atoms with Crippen LogP contribution < -0.4 is 5.73 Å². The first-order valence-electron chi connectivity index (χ1n) is 7.09. The Morgan fingerprint density at radius 2 is 1.71 bits per heavy atom. The van der Waals surface area contributed by atoms with Crippen molar-refractivity contribution in [3.63, 3.8) is 0 Å². The minimum Gasteiger partial charge on any atom is -0.465 e. The van der Waals surface area contributed by atoms with E-state index in [1.165, 1.54) is 12.7 Å². The SMILES string of the molecule is COC(=O)c1ccc(CC(c2ccccc2)C(C)N)cc1. The minimum atomic E-state index is -0.312. The molecule has 0 amide bonds. The fourth-order valence-corrected chi connectivity index (χ4v) is 2.46. The van der Waals surface area contributed by atoms with Gasteiger partial charge >= 0.3 is 5.97 Å². The van der Waals surface area contributed by atoms with Crippen LogP contribution in [0.3, 0.4) is 0 Å². The van der Waals surface area contributed by atoms with Gasteiger partial charge in [0.25, 0.3) is 0 Å². The summed E-state index contributed by atoms with van der Waals surface area (Å²) in [6.45, 7) is 2.03. The molecule has 2 N–H and O–H groups in total. The first-order chi connectivity index (χ1) is 10.1. The van der Waals surface area contributed by atoms with E-state index in [2.05, 4.69) is 12.1 Å². The third kappa shape index (κ3) is 3.92. The van der Waals surface area contributed by atoms with Crippen molar-refractivity contribution in [2.24, 2.45) is 5.73 Å². The number of benzene rings is 2. The summed E-state index contributed by atoms with van der Waals surface area (Å²) in [5, 5.41) is 0. The second-order valence-corrected chi connectivity index (χ2v) is 5.27. The molecule has 0 saturated heterocycles. The molecule has 3 heteroatoms. The van der Waals surface area contributed by atoms with Gasteiger partial charge in [0.1, 0.15) is 0 Å². The van der Waals surface area contributed by atoms with Gasteiger partial charge in [-0.3, -0.25) is 0 Å². The Labute approximate surface area is 125 Å². The van der Waals surface area contributed by atoms with Gasteiger partial charge < -0.3 is 10.5 Å². The van der Waals surface area contributed by atoms with Crippen LogP contribution in [0.4, 0.5) is 0 Å². The van der Waals surface area contributed by atoms with Gasteiger partial charge in [-0.15, -0.1) is 0 Å². The van der Waals surface area contributed by atoms with Crippen molar-refractivity contribution in [2.75, 3.05) is 7.11 Å². The number of nitrogens with two attached hydrogens (primary N) is 1. The van der Waals surface area contributed by atoms with Gasteiger partial charge in [0.15, 0.2) is 0 Å². The molecule has 0 heterocycles. The van der Waals surface area contributed by atoms with E-state index in [9.17, 15) is 4.79 Å². The van der Waals surface area contributed by atoms with E-state index in [-0.39, 0.29) is 17.9 Å². The van der Waals surface area contributed by atoms with Crippen LogP contribution >= 0.6 is 0 Å². The predicted molar refractivity (Wildman–Crippen MR) is 84.3 cm³/mol. The highest BCUT2D eigenvalue weighted by molar-refractivity contribution is 5.89. The molecule has 2 aromatic rings. The number of methoxy groups -OCH3 is 1. The fraction of sp³-hybridized carbons (Fsp3) is 0.278. The molecular weight excluding hydrogens is 262 g/mol. The lowest BCUT2D eigenvalue weighted by Crippen LogP contribution is -2.26. The van der Waals surface area contributed by atoms with E-state index in [1.807, 2.05) is 37.3 Å². The van der Waals surface area contributed by atoms with Crippen LogP contribution in [0.15, 0.2) is 54.6 Å². The van der Waals surface area contributed by atoms with Crippen molar-refractivity contribution >= 4 is 5.97 Å². The molecule has 0 fully saturated rings. The Hall–Kier alpha value is -2.13. The quantitative estimate of drug-likeness (QED) is 0.858. The zero-order chi connectivity index (χ0) is 15.2. The number of ether oxygens (including phenoxy) is 1. The van der Waals surface area contributed by atoms with Crippen LogP contribution in [0.25, 0.3) is 0 Å². The van der Waals surface area contributed by atoms with E-state index in [0.717, 1.165) is 12.0 Å². The Morgan fingerprint density at radius 3 is 2.24 bits per heavy atom. The summed E-state index contributed by atoms with van der Waals surface area (Å²) in [4.78, 5) is 11.4.